The van der Waals surface area contributed by atoms with Gasteiger partial charge in [-0.25, -0.2) is 18.4 Å². The van der Waals surface area contributed by atoms with Crippen LogP contribution in [-0.4, -0.2) is 75.1 Å². The Morgan fingerprint density at radius 2 is 1.79 bits per heavy atom. The van der Waals surface area contributed by atoms with E-state index in [4.69, 9.17) is 16.3 Å². The van der Waals surface area contributed by atoms with E-state index >= 15 is 0 Å². The fourth-order valence-electron chi connectivity index (χ4n) is 5.12. The first-order chi connectivity index (χ1) is 18.7. The molecular formula is C27H33ClN6O4S. The van der Waals surface area contributed by atoms with Crippen molar-refractivity contribution >= 4 is 44.7 Å². The molecule has 39 heavy (non-hydrogen) atoms. The van der Waals surface area contributed by atoms with Gasteiger partial charge in [-0.15, -0.1) is 0 Å². The number of piperazine rings is 1. The molecule has 3 heterocycles. The van der Waals surface area contributed by atoms with E-state index in [1.165, 1.54) is 25.1 Å². The van der Waals surface area contributed by atoms with E-state index in [9.17, 15) is 13.2 Å². The minimum absolute atomic E-state index is 0. The molecule has 1 saturated heterocycles. The second-order valence-electron chi connectivity index (χ2n) is 9.60. The van der Waals surface area contributed by atoms with E-state index in [1.807, 2.05) is 30.0 Å². The number of aromatic nitrogens is 2. The van der Waals surface area contributed by atoms with Crippen molar-refractivity contribution in [3.63, 3.8) is 0 Å². The number of aryl methyl sites for hydroxylation is 1. The number of carbonyl (C=O) groups excluding carboxylic acids is 1. The van der Waals surface area contributed by atoms with Crippen LogP contribution in [0, 0.1) is 0 Å². The number of anilines is 3. The molecule has 12 heteroatoms. The van der Waals surface area contributed by atoms with E-state index in [0.29, 0.717) is 26.2 Å². The third-order valence-electron chi connectivity index (χ3n) is 7.21. The Balaban J connectivity index is 0.00000370. The van der Waals surface area contributed by atoms with Crippen LogP contribution in [-0.2, 0) is 21.2 Å². The standard InChI is InChI=1S/C27H31ClN6O4S.H2/c1-19(34-11-3-4-20-16-21(28)5-10-24(20)34)27(35)33-14-12-32(13-15-33)22-6-8-23(9-7-22)39(36,37)31-25-17-26(38-2)30-18-29-25;/h5-10,16-19H,3-4,11-15H2,1-2H3,(H,29,30,31);1H/t19-;/m1./s1. The molecule has 10 nitrogen and oxygen atoms in total. The largest absolute Gasteiger partial charge is 0.481 e. The quantitative estimate of drug-likeness (QED) is 0.457. The Bertz CT molecular complexity index is 1450. The van der Waals surface area contributed by atoms with Gasteiger partial charge >= 0.3 is 0 Å². The van der Waals surface area contributed by atoms with E-state index in [1.54, 1.807) is 24.3 Å². The molecule has 1 N–H and O–H groups in total. The maximum atomic E-state index is 13.4. The van der Waals surface area contributed by atoms with Crippen molar-refractivity contribution in [2.24, 2.45) is 0 Å². The summed E-state index contributed by atoms with van der Waals surface area (Å²) in [6, 6.07) is 13.7. The van der Waals surface area contributed by atoms with Crippen molar-refractivity contribution in [1.82, 2.24) is 14.9 Å². The van der Waals surface area contributed by atoms with Crippen molar-refractivity contribution in [1.29, 1.82) is 0 Å². The third-order valence-corrected chi connectivity index (χ3v) is 8.82. The van der Waals surface area contributed by atoms with Crippen LogP contribution >= 0.6 is 11.6 Å². The molecule has 0 aliphatic carbocycles. The topological polar surface area (TPSA) is 108 Å². The highest BCUT2D eigenvalue weighted by atomic mass is 35.5. The number of nitrogens with one attached hydrogen (secondary N) is 1. The summed E-state index contributed by atoms with van der Waals surface area (Å²) in [6.07, 6.45) is 3.19. The summed E-state index contributed by atoms with van der Waals surface area (Å²) in [5.74, 6) is 0.500. The van der Waals surface area contributed by atoms with Gasteiger partial charge in [-0.3, -0.25) is 9.52 Å². The summed E-state index contributed by atoms with van der Waals surface area (Å²) in [4.78, 5) is 27.6. The lowest BCUT2D eigenvalue weighted by atomic mass is 10.00. The first-order valence-corrected chi connectivity index (χ1v) is 14.7. The highest BCUT2D eigenvalue weighted by Crippen LogP contribution is 2.31. The van der Waals surface area contributed by atoms with Gasteiger partial charge in [-0.05, 0) is 67.8 Å². The van der Waals surface area contributed by atoms with Crippen LogP contribution in [0.1, 0.15) is 20.3 Å². The molecule has 1 amide bonds. The van der Waals surface area contributed by atoms with Crippen LogP contribution in [0.25, 0.3) is 0 Å². The molecule has 208 valence electrons. The molecule has 0 spiro atoms. The summed E-state index contributed by atoms with van der Waals surface area (Å²) < 4.78 is 33.1. The maximum absolute atomic E-state index is 13.4. The van der Waals surface area contributed by atoms with Crippen molar-refractivity contribution in [3.8, 4) is 5.88 Å². The Kier molecular flexibility index (Phi) is 7.81. The Labute approximate surface area is 235 Å². The van der Waals surface area contributed by atoms with Crippen LogP contribution in [0.5, 0.6) is 5.88 Å². The van der Waals surface area contributed by atoms with Crippen LogP contribution in [0.2, 0.25) is 5.02 Å². The Morgan fingerprint density at radius 3 is 2.51 bits per heavy atom. The summed E-state index contributed by atoms with van der Waals surface area (Å²) in [5, 5.41) is 0.721. The molecule has 0 unspecified atom stereocenters. The summed E-state index contributed by atoms with van der Waals surface area (Å²) in [7, 11) is -2.38. The highest BCUT2D eigenvalue weighted by Gasteiger charge is 2.31. The van der Waals surface area contributed by atoms with Gasteiger partial charge in [0.25, 0.3) is 10.0 Å². The first-order valence-electron chi connectivity index (χ1n) is 12.8. The van der Waals surface area contributed by atoms with Gasteiger partial charge in [0.1, 0.15) is 18.2 Å². The average Bonchev–Trinajstić information content (AvgIpc) is 2.96. The normalized spacial score (nSPS) is 16.4. The lowest BCUT2D eigenvalue weighted by molar-refractivity contribution is -0.132. The molecule has 1 aromatic heterocycles. The van der Waals surface area contributed by atoms with Crippen molar-refractivity contribution in [3.05, 3.63) is 65.4 Å². The number of rotatable bonds is 7. The second-order valence-corrected chi connectivity index (χ2v) is 11.7. The SMILES string of the molecule is COc1cc(NS(=O)(=O)c2ccc(N3CCN(C(=O)[C@@H](C)N4CCCc5cc(Cl)ccc54)CC3)cc2)ncn1.[HH]. The van der Waals surface area contributed by atoms with Crippen molar-refractivity contribution < 1.29 is 19.4 Å². The number of nitrogens with zero attached hydrogens (tertiary/aromatic N) is 5. The number of fused-ring (bicyclic) bond motifs is 1. The number of halogens is 1. The summed E-state index contributed by atoms with van der Waals surface area (Å²) in [6.45, 7) is 5.34. The third kappa shape index (κ3) is 5.89. The van der Waals surface area contributed by atoms with Crippen LogP contribution < -0.4 is 19.3 Å². The molecule has 0 bridgehead atoms. The molecule has 2 aliphatic rings. The molecule has 2 aromatic carbocycles. The average molecular weight is 573 g/mol. The smallest absolute Gasteiger partial charge is 0.263 e. The molecule has 0 radical (unpaired) electrons. The van der Waals surface area contributed by atoms with Gasteiger partial charge < -0.3 is 19.4 Å². The second kappa shape index (κ2) is 11.3. The number of ether oxygens (including phenoxy) is 1. The van der Waals surface area contributed by atoms with Gasteiger partial charge in [-0.1, -0.05) is 11.6 Å². The summed E-state index contributed by atoms with van der Waals surface area (Å²) in [5.41, 5.74) is 3.18. The number of methoxy groups -OCH3 is 1. The summed E-state index contributed by atoms with van der Waals surface area (Å²) >= 11 is 6.19. The van der Waals surface area contributed by atoms with Crippen LogP contribution in [0.3, 0.4) is 0 Å². The van der Waals surface area contributed by atoms with E-state index in [2.05, 4.69) is 24.5 Å². The van der Waals surface area contributed by atoms with Crippen molar-refractivity contribution in [2.45, 2.75) is 30.7 Å². The number of sulfonamides is 1. The lowest BCUT2D eigenvalue weighted by Gasteiger charge is -2.41. The molecular weight excluding hydrogens is 540 g/mol. The minimum Gasteiger partial charge on any atom is -0.481 e. The van der Waals surface area contributed by atoms with E-state index in [-0.39, 0.29) is 30.0 Å². The molecule has 1 atom stereocenters. The maximum Gasteiger partial charge on any atom is 0.263 e. The zero-order valence-corrected chi connectivity index (χ0v) is 23.5. The van der Waals surface area contributed by atoms with Gasteiger partial charge in [0.2, 0.25) is 11.8 Å². The Hall–Kier alpha value is -3.57. The minimum atomic E-state index is -3.83. The number of hydrogen-bond donors (Lipinski definition) is 1. The molecule has 5 rings (SSSR count). The molecule has 1 fully saturated rings. The number of carbonyl (C=O) groups is 1. The fourth-order valence-corrected chi connectivity index (χ4v) is 6.31. The zero-order valence-electron chi connectivity index (χ0n) is 21.9. The predicted octanol–water partition coefficient (Wildman–Crippen LogP) is 3.68. The number of hydrogen-bond acceptors (Lipinski definition) is 8. The van der Waals surface area contributed by atoms with Crippen LogP contribution in [0.15, 0.2) is 59.8 Å². The fraction of sp³-hybridized carbons (Fsp3) is 0.370. The van der Waals surface area contributed by atoms with Gasteiger partial charge in [0.15, 0.2) is 0 Å². The number of benzene rings is 2. The van der Waals surface area contributed by atoms with Crippen molar-refractivity contribution in [2.75, 3.05) is 54.4 Å². The lowest BCUT2D eigenvalue weighted by Crippen LogP contribution is -2.55. The van der Waals surface area contributed by atoms with Crippen LogP contribution in [0.4, 0.5) is 17.2 Å². The van der Waals surface area contributed by atoms with Gasteiger partial charge in [0.05, 0.1) is 12.0 Å². The monoisotopic (exact) mass is 572 g/mol. The first kappa shape index (κ1) is 27.0. The van der Waals surface area contributed by atoms with Gasteiger partial charge in [0, 0.05) is 56.6 Å². The Morgan fingerprint density at radius 1 is 1.05 bits per heavy atom. The highest BCUT2D eigenvalue weighted by molar-refractivity contribution is 7.92. The predicted molar refractivity (Wildman–Crippen MR) is 153 cm³/mol. The van der Waals surface area contributed by atoms with Gasteiger partial charge in [-0.2, -0.15) is 0 Å². The zero-order chi connectivity index (χ0) is 27.6. The van der Waals surface area contributed by atoms with E-state index < -0.39 is 10.0 Å². The molecule has 0 saturated carbocycles. The molecule has 2 aliphatic heterocycles. The molecule has 3 aromatic rings. The van der Waals surface area contributed by atoms with E-state index in [0.717, 1.165) is 35.8 Å². The number of amides is 1.